The molecule has 0 spiro atoms. The van der Waals surface area contributed by atoms with Crippen LogP contribution >= 0.6 is 22.9 Å². The number of nitrogens with one attached hydrogen (secondary N) is 1. The molecule has 100 valence electrons. The molecule has 2 N–H and O–H groups in total. The van der Waals surface area contributed by atoms with E-state index in [4.69, 9.17) is 16.7 Å². The molecule has 0 aromatic carbocycles. The number of halogens is 1. The van der Waals surface area contributed by atoms with Crippen molar-refractivity contribution in [2.45, 2.75) is 19.9 Å². The molecule has 0 aliphatic rings. The van der Waals surface area contributed by atoms with E-state index >= 15 is 0 Å². The number of thiophene rings is 1. The Morgan fingerprint density at radius 3 is 2.89 bits per heavy atom. The maximum absolute atomic E-state index is 10.9. The van der Waals surface area contributed by atoms with Gasteiger partial charge in [0.25, 0.3) is 0 Å². The Kier molecular flexibility index (Phi) is 4.07. The molecule has 0 aliphatic carbocycles. The lowest BCUT2D eigenvalue weighted by atomic mass is 10.2. The van der Waals surface area contributed by atoms with E-state index in [0.29, 0.717) is 9.90 Å². The summed E-state index contributed by atoms with van der Waals surface area (Å²) in [7, 11) is 0. The van der Waals surface area contributed by atoms with Crippen molar-refractivity contribution in [1.82, 2.24) is 4.98 Å². The van der Waals surface area contributed by atoms with Crippen LogP contribution in [-0.2, 0) is 0 Å². The number of aromatic nitrogens is 1. The number of aryl methyl sites for hydroxylation is 1. The Hall–Kier alpha value is -1.59. The fourth-order valence-corrected chi connectivity index (χ4v) is 2.67. The first-order chi connectivity index (χ1) is 8.97. The highest BCUT2D eigenvalue weighted by Gasteiger charge is 2.13. The van der Waals surface area contributed by atoms with Crippen LogP contribution in [0.1, 0.15) is 33.2 Å². The van der Waals surface area contributed by atoms with E-state index in [1.165, 1.54) is 11.3 Å². The van der Waals surface area contributed by atoms with Gasteiger partial charge in [0.1, 0.15) is 4.88 Å². The predicted molar refractivity (Wildman–Crippen MR) is 77.3 cm³/mol. The van der Waals surface area contributed by atoms with Gasteiger partial charge in [-0.15, -0.1) is 11.3 Å². The smallest absolute Gasteiger partial charge is 0.345 e. The standard InChI is InChI=1S/C13H13ClN2O2S/c1-7-10(5-9(14)6-15-7)16-8(2)11-3-4-12(19-11)13(17)18/h3-6,8,16H,1-2H3,(H,17,18)/t8-/m0/s1. The number of hydrogen-bond acceptors (Lipinski definition) is 4. The normalized spacial score (nSPS) is 12.2. The van der Waals surface area contributed by atoms with Crippen LogP contribution in [0.3, 0.4) is 0 Å². The molecule has 2 aromatic rings. The van der Waals surface area contributed by atoms with E-state index in [1.54, 1.807) is 12.3 Å². The maximum atomic E-state index is 10.9. The molecule has 4 nitrogen and oxygen atoms in total. The molecule has 0 saturated carbocycles. The highest BCUT2D eigenvalue weighted by Crippen LogP contribution is 2.28. The van der Waals surface area contributed by atoms with Crippen LogP contribution in [0.15, 0.2) is 24.4 Å². The lowest BCUT2D eigenvalue weighted by Gasteiger charge is -2.15. The van der Waals surface area contributed by atoms with Crippen LogP contribution in [0.2, 0.25) is 5.02 Å². The van der Waals surface area contributed by atoms with Gasteiger partial charge in [0, 0.05) is 11.1 Å². The Balaban J connectivity index is 2.17. The molecule has 0 aliphatic heterocycles. The summed E-state index contributed by atoms with van der Waals surface area (Å²) in [5.41, 5.74) is 1.71. The van der Waals surface area contributed by atoms with Crippen molar-refractivity contribution in [3.63, 3.8) is 0 Å². The number of carboxylic acid groups (broad SMARTS) is 1. The van der Waals surface area contributed by atoms with Gasteiger partial charge in [-0.05, 0) is 32.0 Å². The molecule has 0 unspecified atom stereocenters. The summed E-state index contributed by atoms with van der Waals surface area (Å²) in [6, 6.07) is 5.24. The molecule has 19 heavy (non-hydrogen) atoms. The van der Waals surface area contributed by atoms with Crippen molar-refractivity contribution in [3.05, 3.63) is 44.9 Å². The van der Waals surface area contributed by atoms with Crippen molar-refractivity contribution in [1.29, 1.82) is 0 Å². The van der Waals surface area contributed by atoms with Crippen LogP contribution in [0.5, 0.6) is 0 Å². The molecular formula is C13H13ClN2O2S. The van der Waals surface area contributed by atoms with Gasteiger partial charge in [-0.1, -0.05) is 11.6 Å². The van der Waals surface area contributed by atoms with Gasteiger partial charge in [-0.25, -0.2) is 4.79 Å². The summed E-state index contributed by atoms with van der Waals surface area (Å²) < 4.78 is 0. The maximum Gasteiger partial charge on any atom is 0.345 e. The number of pyridine rings is 1. The highest BCUT2D eigenvalue weighted by atomic mass is 35.5. The molecule has 2 rings (SSSR count). The zero-order valence-corrected chi connectivity index (χ0v) is 12.0. The van der Waals surface area contributed by atoms with Crippen LogP contribution in [0.25, 0.3) is 0 Å². The highest BCUT2D eigenvalue weighted by molar-refractivity contribution is 7.14. The summed E-state index contributed by atoms with van der Waals surface area (Å²) in [6.45, 7) is 3.86. The van der Waals surface area contributed by atoms with Crippen molar-refractivity contribution in [2.75, 3.05) is 5.32 Å². The zero-order chi connectivity index (χ0) is 14.0. The predicted octanol–water partition coefficient (Wildman–Crippen LogP) is 3.98. The molecular weight excluding hydrogens is 284 g/mol. The van der Waals surface area contributed by atoms with E-state index in [9.17, 15) is 4.79 Å². The van der Waals surface area contributed by atoms with Gasteiger partial charge in [0.2, 0.25) is 0 Å². The number of carbonyl (C=O) groups is 1. The number of nitrogens with zero attached hydrogens (tertiary/aromatic N) is 1. The third-order valence-electron chi connectivity index (χ3n) is 2.69. The van der Waals surface area contributed by atoms with E-state index in [0.717, 1.165) is 16.3 Å². The van der Waals surface area contributed by atoms with E-state index in [1.807, 2.05) is 26.0 Å². The first-order valence-electron chi connectivity index (χ1n) is 5.69. The van der Waals surface area contributed by atoms with Gasteiger partial charge in [0.15, 0.2) is 0 Å². The molecule has 0 saturated heterocycles. The molecule has 0 fully saturated rings. The van der Waals surface area contributed by atoms with Crippen LogP contribution in [0, 0.1) is 6.92 Å². The Morgan fingerprint density at radius 1 is 1.53 bits per heavy atom. The summed E-state index contributed by atoms with van der Waals surface area (Å²) in [5, 5.41) is 12.8. The number of carboxylic acids is 1. The fourth-order valence-electron chi connectivity index (χ4n) is 1.66. The minimum atomic E-state index is -0.899. The third kappa shape index (κ3) is 3.24. The average Bonchev–Trinajstić information content (AvgIpc) is 2.83. The second-order valence-electron chi connectivity index (χ2n) is 4.16. The molecule has 2 aromatic heterocycles. The topological polar surface area (TPSA) is 62.2 Å². The van der Waals surface area contributed by atoms with Gasteiger partial charge < -0.3 is 10.4 Å². The van der Waals surface area contributed by atoms with Crippen LogP contribution in [-0.4, -0.2) is 16.1 Å². The van der Waals surface area contributed by atoms with Gasteiger partial charge in [-0.3, -0.25) is 4.98 Å². The number of aromatic carboxylic acids is 1. The van der Waals surface area contributed by atoms with Gasteiger partial charge in [-0.2, -0.15) is 0 Å². The van der Waals surface area contributed by atoms with E-state index < -0.39 is 5.97 Å². The van der Waals surface area contributed by atoms with Gasteiger partial charge >= 0.3 is 5.97 Å². The first kappa shape index (κ1) is 13.8. The van der Waals surface area contributed by atoms with E-state index in [2.05, 4.69) is 10.3 Å². The van der Waals surface area contributed by atoms with Crippen molar-refractivity contribution in [3.8, 4) is 0 Å². The average molecular weight is 297 g/mol. The molecule has 0 radical (unpaired) electrons. The summed E-state index contributed by atoms with van der Waals surface area (Å²) >= 11 is 7.18. The third-order valence-corrected chi connectivity index (χ3v) is 4.15. The van der Waals surface area contributed by atoms with Crippen LogP contribution < -0.4 is 5.32 Å². The zero-order valence-electron chi connectivity index (χ0n) is 10.5. The van der Waals surface area contributed by atoms with Crippen molar-refractivity contribution in [2.24, 2.45) is 0 Å². The summed E-state index contributed by atoms with van der Waals surface area (Å²) in [5.74, 6) is -0.899. The minimum absolute atomic E-state index is 0.00272. The summed E-state index contributed by atoms with van der Waals surface area (Å²) in [4.78, 5) is 16.3. The lowest BCUT2D eigenvalue weighted by molar-refractivity contribution is 0.0702. The Bertz CT molecular complexity index is 612. The molecule has 1 atom stereocenters. The largest absolute Gasteiger partial charge is 0.477 e. The number of hydrogen-bond donors (Lipinski definition) is 2. The second-order valence-corrected chi connectivity index (χ2v) is 5.71. The lowest BCUT2D eigenvalue weighted by Crippen LogP contribution is -2.06. The van der Waals surface area contributed by atoms with E-state index in [-0.39, 0.29) is 6.04 Å². The molecule has 0 amide bonds. The first-order valence-corrected chi connectivity index (χ1v) is 6.88. The minimum Gasteiger partial charge on any atom is -0.477 e. The SMILES string of the molecule is Cc1ncc(Cl)cc1N[C@@H](C)c1ccc(C(=O)O)s1. The quantitative estimate of drug-likeness (QED) is 0.896. The van der Waals surface area contributed by atoms with Crippen LogP contribution in [0.4, 0.5) is 5.69 Å². The van der Waals surface area contributed by atoms with Crippen molar-refractivity contribution < 1.29 is 9.90 Å². The Morgan fingerprint density at radius 2 is 2.26 bits per heavy atom. The van der Waals surface area contributed by atoms with Crippen molar-refractivity contribution >= 4 is 34.6 Å². The molecule has 6 heteroatoms. The number of rotatable bonds is 4. The fraction of sp³-hybridized carbons (Fsp3) is 0.231. The second kappa shape index (κ2) is 5.59. The van der Waals surface area contributed by atoms with Gasteiger partial charge in [0.05, 0.1) is 22.4 Å². The summed E-state index contributed by atoms with van der Waals surface area (Å²) in [6.07, 6.45) is 1.60. The Labute approximate surface area is 120 Å². The molecule has 0 bridgehead atoms. The molecule has 2 heterocycles. The monoisotopic (exact) mass is 296 g/mol. The number of anilines is 1.